The number of hydrogen-bond donors (Lipinski definition) is 1. The maximum atomic E-state index is 12.2. The normalized spacial score (nSPS) is 36.9. The Morgan fingerprint density at radius 2 is 2.00 bits per heavy atom. The lowest BCUT2D eigenvalue weighted by atomic mass is 10.0. The molecule has 0 aliphatic carbocycles. The molecule has 2 aliphatic rings. The molecule has 2 saturated heterocycles. The quantitative estimate of drug-likeness (QED) is 0.709. The van der Waals surface area contributed by atoms with E-state index in [1.165, 1.54) is 19.3 Å². The van der Waals surface area contributed by atoms with Gasteiger partial charge in [-0.25, -0.2) is 0 Å². The van der Waals surface area contributed by atoms with Crippen molar-refractivity contribution in [2.24, 2.45) is 5.92 Å². The minimum Gasteiger partial charge on any atom is -0.338 e. The van der Waals surface area contributed by atoms with Crippen molar-refractivity contribution in [3.63, 3.8) is 0 Å². The number of nitrogens with zero attached hydrogens (tertiary/aromatic N) is 1. The van der Waals surface area contributed by atoms with Crippen LogP contribution in [0, 0.1) is 5.92 Å². The Bertz CT molecular complexity index is 238. The van der Waals surface area contributed by atoms with Gasteiger partial charge in [-0.1, -0.05) is 13.3 Å². The van der Waals surface area contributed by atoms with Gasteiger partial charge in [-0.15, -0.1) is 0 Å². The van der Waals surface area contributed by atoms with Gasteiger partial charge in [0.05, 0.1) is 6.04 Å². The highest BCUT2D eigenvalue weighted by molar-refractivity contribution is 5.83. The molecule has 2 unspecified atom stereocenters. The zero-order valence-electron chi connectivity index (χ0n) is 9.83. The second-order valence-corrected chi connectivity index (χ2v) is 5.17. The number of likely N-dealkylation sites (tertiary alicyclic amines) is 1. The largest absolute Gasteiger partial charge is 0.338 e. The molecule has 0 radical (unpaired) electrons. The van der Waals surface area contributed by atoms with E-state index in [1.807, 2.05) is 0 Å². The molecular formula is C12H22N2O. The van der Waals surface area contributed by atoms with Crippen molar-refractivity contribution in [1.29, 1.82) is 0 Å². The molecule has 1 amide bonds. The Hall–Kier alpha value is -0.570. The molecule has 0 bridgehead atoms. The van der Waals surface area contributed by atoms with Gasteiger partial charge in [-0.2, -0.15) is 0 Å². The van der Waals surface area contributed by atoms with Crippen LogP contribution in [-0.2, 0) is 4.79 Å². The van der Waals surface area contributed by atoms with Gasteiger partial charge in [0.15, 0.2) is 0 Å². The van der Waals surface area contributed by atoms with Gasteiger partial charge in [-0.05, 0) is 38.6 Å². The molecule has 2 rings (SSSR count). The average molecular weight is 210 g/mol. The van der Waals surface area contributed by atoms with Crippen molar-refractivity contribution in [3.05, 3.63) is 0 Å². The summed E-state index contributed by atoms with van der Waals surface area (Å²) in [7, 11) is 0. The van der Waals surface area contributed by atoms with Crippen LogP contribution in [-0.4, -0.2) is 36.0 Å². The van der Waals surface area contributed by atoms with Gasteiger partial charge in [0.2, 0.25) is 5.91 Å². The van der Waals surface area contributed by atoms with E-state index in [1.54, 1.807) is 0 Å². The highest BCUT2D eigenvalue weighted by Gasteiger charge is 2.32. The van der Waals surface area contributed by atoms with Crippen LogP contribution in [0.5, 0.6) is 0 Å². The number of amides is 1. The molecular weight excluding hydrogens is 188 g/mol. The van der Waals surface area contributed by atoms with E-state index in [-0.39, 0.29) is 6.04 Å². The first-order valence-electron chi connectivity index (χ1n) is 6.22. The van der Waals surface area contributed by atoms with Crippen LogP contribution >= 0.6 is 0 Å². The van der Waals surface area contributed by atoms with E-state index < -0.39 is 0 Å². The summed E-state index contributed by atoms with van der Waals surface area (Å²) < 4.78 is 0. The van der Waals surface area contributed by atoms with Crippen molar-refractivity contribution >= 4 is 5.91 Å². The van der Waals surface area contributed by atoms with E-state index in [9.17, 15) is 4.79 Å². The minimum atomic E-state index is 0.123. The van der Waals surface area contributed by atoms with Gasteiger partial charge in [0, 0.05) is 12.6 Å². The number of carbonyl (C=O) groups is 1. The summed E-state index contributed by atoms with van der Waals surface area (Å²) in [5.74, 6) is 1.00. The van der Waals surface area contributed by atoms with Gasteiger partial charge >= 0.3 is 0 Å². The molecule has 3 nitrogen and oxygen atoms in total. The molecule has 3 atom stereocenters. The fraction of sp³-hybridized carbons (Fsp3) is 0.917. The summed E-state index contributed by atoms with van der Waals surface area (Å²) in [5.41, 5.74) is 0. The fourth-order valence-corrected chi connectivity index (χ4v) is 2.53. The third kappa shape index (κ3) is 2.33. The molecule has 3 heteroatoms. The maximum absolute atomic E-state index is 12.2. The minimum absolute atomic E-state index is 0.123. The van der Waals surface area contributed by atoms with Crippen LogP contribution < -0.4 is 5.32 Å². The molecule has 0 aromatic rings. The lowest BCUT2D eigenvalue weighted by Crippen LogP contribution is -2.56. The lowest BCUT2D eigenvalue weighted by Gasteiger charge is -2.36. The number of rotatable bonds is 1. The highest BCUT2D eigenvalue weighted by atomic mass is 16.2. The van der Waals surface area contributed by atoms with Crippen LogP contribution in [0.2, 0.25) is 0 Å². The summed E-state index contributed by atoms with van der Waals surface area (Å²) in [5, 5.41) is 3.21. The molecule has 0 spiro atoms. The first kappa shape index (κ1) is 10.9. The van der Waals surface area contributed by atoms with Crippen molar-refractivity contribution in [1.82, 2.24) is 10.2 Å². The lowest BCUT2D eigenvalue weighted by molar-refractivity contribution is -0.137. The number of hydrogen-bond acceptors (Lipinski definition) is 2. The average Bonchev–Trinajstić information content (AvgIpc) is 2.25. The Morgan fingerprint density at radius 3 is 2.60 bits per heavy atom. The smallest absolute Gasteiger partial charge is 0.240 e. The van der Waals surface area contributed by atoms with E-state index in [0.29, 0.717) is 17.9 Å². The first-order chi connectivity index (χ1) is 7.18. The summed E-state index contributed by atoms with van der Waals surface area (Å²) in [4.78, 5) is 14.3. The molecule has 15 heavy (non-hydrogen) atoms. The molecule has 1 N–H and O–H groups in total. The summed E-state index contributed by atoms with van der Waals surface area (Å²) >= 11 is 0. The molecule has 0 aromatic carbocycles. The Morgan fingerprint density at radius 1 is 1.27 bits per heavy atom. The van der Waals surface area contributed by atoms with Gasteiger partial charge < -0.3 is 10.2 Å². The van der Waals surface area contributed by atoms with Crippen LogP contribution in [0.4, 0.5) is 0 Å². The number of carbonyl (C=O) groups excluding carboxylic acids is 1. The molecule has 2 aliphatic heterocycles. The topological polar surface area (TPSA) is 32.3 Å². The molecule has 2 heterocycles. The number of nitrogens with one attached hydrogen (secondary N) is 1. The molecule has 0 saturated carbocycles. The summed E-state index contributed by atoms with van der Waals surface area (Å²) in [6.45, 7) is 6.41. The van der Waals surface area contributed by atoms with Crippen molar-refractivity contribution in [2.75, 3.05) is 13.1 Å². The third-order valence-electron chi connectivity index (χ3n) is 3.76. The van der Waals surface area contributed by atoms with E-state index in [2.05, 4.69) is 24.1 Å². The standard InChI is InChI=1S/C12H22N2O/c1-9-4-3-5-10(2)14(8-9)12(15)11-6-7-13-11/h9-11,13H,3-8H2,1-2H3/t9?,10?,11-/m1/s1. The second kappa shape index (κ2) is 4.52. The predicted molar refractivity (Wildman–Crippen MR) is 60.6 cm³/mol. The van der Waals surface area contributed by atoms with Crippen molar-refractivity contribution < 1.29 is 4.79 Å². The highest BCUT2D eigenvalue weighted by Crippen LogP contribution is 2.22. The van der Waals surface area contributed by atoms with Gasteiger partial charge in [0.1, 0.15) is 0 Å². The fourth-order valence-electron chi connectivity index (χ4n) is 2.53. The SMILES string of the molecule is CC1CCCC(C)N(C(=O)[C@H]2CCN2)C1. The first-order valence-corrected chi connectivity index (χ1v) is 6.22. The Labute approximate surface area is 92.2 Å². The maximum Gasteiger partial charge on any atom is 0.240 e. The van der Waals surface area contributed by atoms with Crippen LogP contribution in [0.1, 0.15) is 39.5 Å². The second-order valence-electron chi connectivity index (χ2n) is 5.17. The molecule has 0 aromatic heterocycles. The Kier molecular flexibility index (Phi) is 3.29. The third-order valence-corrected chi connectivity index (χ3v) is 3.76. The zero-order valence-corrected chi connectivity index (χ0v) is 9.83. The van der Waals surface area contributed by atoms with Gasteiger partial charge in [0.25, 0.3) is 0 Å². The van der Waals surface area contributed by atoms with E-state index >= 15 is 0 Å². The monoisotopic (exact) mass is 210 g/mol. The van der Waals surface area contributed by atoms with E-state index in [4.69, 9.17) is 0 Å². The molecule has 2 fully saturated rings. The van der Waals surface area contributed by atoms with Crippen LogP contribution in [0.15, 0.2) is 0 Å². The van der Waals surface area contributed by atoms with Crippen molar-refractivity contribution in [3.8, 4) is 0 Å². The van der Waals surface area contributed by atoms with Gasteiger partial charge in [-0.3, -0.25) is 4.79 Å². The zero-order chi connectivity index (χ0) is 10.8. The van der Waals surface area contributed by atoms with E-state index in [0.717, 1.165) is 19.5 Å². The van der Waals surface area contributed by atoms with Crippen LogP contribution in [0.25, 0.3) is 0 Å². The Balaban J connectivity index is 1.99. The molecule has 86 valence electrons. The summed E-state index contributed by atoms with van der Waals surface area (Å²) in [6.07, 6.45) is 4.73. The summed E-state index contributed by atoms with van der Waals surface area (Å²) in [6, 6.07) is 0.558. The van der Waals surface area contributed by atoms with Crippen molar-refractivity contribution in [2.45, 2.75) is 51.6 Å². The van der Waals surface area contributed by atoms with Crippen LogP contribution in [0.3, 0.4) is 0 Å². The predicted octanol–water partition coefficient (Wildman–Crippen LogP) is 1.39.